The molecule has 7 heteroatoms. The lowest BCUT2D eigenvalue weighted by molar-refractivity contribution is 0.691. The van der Waals surface area contributed by atoms with Crippen molar-refractivity contribution in [2.75, 3.05) is 13.1 Å². The Kier molecular flexibility index (Phi) is 11.0. The second-order valence-electron chi connectivity index (χ2n) is 6.65. The zero-order valence-corrected chi connectivity index (χ0v) is 19.2. The molecule has 27 heavy (non-hydrogen) atoms. The predicted octanol–water partition coefficient (Wildman–Crippen LogP) is 3.73. The lowest BCUT2D eigenvalue weighted by Gasteiger charge is -2.11. The van der Waals surface area contributed by atoms with Crippen molar-refractivity contribution in [1.82, 2.24) is 25.4 Å². The zero-order valence-electron chi connectivity index (χ0n) is 16.9. The maximum Gasteiger partial charge on any atom is 0.191 e. The van der Waals surface area contributed by atoms with Crippen LogP contribution >= 0.6 is 24.0 Å². The fourth-order valence-electron chi connectivity index (χ4n) is 2.73. The van der Waals surface area contributed by atoms with Gasteiger partial charge in [0.25, 0.3) is 0 Å². The minimum absolute atomic E-state index is 0. The Bertz CT molecular complexity index is 678. The number of aliphatic imine (C=N–C) groups is 1. The zero-order chi connectivity index (χ0) is 18.8. The Morgan fingerprint density at radius 2 is 1.89 bits per heavy atom. The van der Waals surface area contributed by atoms with Crippen LogP contribution in [0.3, 0.4) is 0 Å². The van der Waals surface area contributed by atoms with Gasteiger partial charge in [-0.2, -0.15) is 0 Å². The molecule has 0 radical (unpaired) electrons. The molecule has 0 unspecified atom stereocenters. The van der Waals surface area contributed by atoms with Crippen molar-refractivity contribution in [3.63, 3.8) is 0 Å². The minimum atomic E-state index is 0. The van der Waals surface area contributed by atoms with Crippen LogP contribution in [0.2, 0.25) is 0 Å². The first kappa shape index (κ1) is 23.4. The standard InChI is InChI=1S/C20H32N6.HI/c1-5-21-20(23-14-19-25-24-15-26(19)6-2)22-13-7-8-17-9-11-18(12-10-17)16(3)4;/h9-12,15-16H,5-8,13-14H2,1-4H3,(H2,21,22,23);1H. The van der Waals surface area contributed by atoms with Gasteiger partial charge in [0, 0.05) is 19.6 Å². The molecular formula is C20H33IN6. The van der Waals surface area contributed by atoms with Crippen LogP contribution in [0.4, 0.5) is 0 Å². The molecule has 0 bridgehead atoms. The quantitative estimate of drug-likeness (QED) is 0.247. The highest BCUT2D eigenvalue weighted by Crippen LogP contribution is 2.15. The van der Waals surface area contributed by atoms with Crippen LogP contribution in [-0.2, 0) is 19.5 Å². The van der Waals surface area contributed by atoms with E-state index in [1.54, 1.807) is 6.33 Å². The number of halogens is 1. The van der Waals surface area contributed by atoms with Gasteiger partial charge in [-0.1, -0.05) is 38.1 Å². The van der Waals surface area contributed by atoms with Gasteiger partial charge in [0.05, 0.1) is 0 Å². The molecule has 1 aromatic heterocycles. The smallest absolute Gasteiger partial charge is 0.191 e. The van der Waals surface area contributed by atoms with E-state index in [2.05, 4.69) is 77.8 Å². The summed E-state index contributed by atoms with van der Waals surface area (Å²) in [5, 5.41) is 14.8. The number of guanidine groups is 1. The van der Waals surface area contributed by atoms with Crippen molar-refractivity contribution in [1.29, 1.82) is 0 Å². The van der Waals surface area contributed by atoms with Crippen LogP contribution in [0.15, 0.2) is 35.6 Å². The number of hydrogen-bond donors (Lipinski definition) is 2. The van der Waals surface area contributed by atoms with Crippen molar-refractivity contribution in [3.8, 4) is 0 Å². The molecule has 0 aliphatic carbocycles. The summed E-state index contributed by atoms with van der Waals surface area (Å²) >= 11 is 0. The van der Waals surface area contributed by atoms with Gasteiger partial charge < -0.3 is 15.2 Å². The molecular weight excluding hydrogens is 451 g/mol. The summed E-state index contributed by atoms with van der Waals surface area (Å²) in [5.41, 5.74) is 2.78. The monoisotopic (exact) mass is 484 g/mol. The Hall–Kier alpha value is -1.64. The lowest BCUT2D eigenvalue weighted by atomic mass is 10.0. The van der Waals surface area contributed by atoms with Crippen LogP contribution in [0.25, 0.3) is 0 Å². The number of hydrogen-bond acceptors (Lipinski definition) is 3. The largest absolute Gasteiger partial charge is 0.357 e. The molecule has 6 nitrogen and oxygen atoms in total. The molecule has 150 valence electrons. The normalized spacial score (nSPS) is 11.4. The van der Waals surface area contributed by atoms with Gasteiger partial charge >= 0.3 is 0 Å². The molecule has 0 aliphatic rings. The molecule has 0 spiro atoms. The van der Waals surface area contributed by atoms with E-state index in [0.29, 0.717) is 12.5 Å². The topological polar surface area (TPSA) is 67.1 Å². The lowest BCUT2D eigenvalue weighted by Crippen LogP contribution is -2.38. The molecule has 1 aromatic carbocycles. The molecule has 1 heterocycles. The van der Waals surface area contributed by atoms with Crippen LogP contribution in [0.1, 0.15) is 57.0 Å². The third kappa shape index (κ3) is 7.86. The van der Waals surface area contributed by atoms with Gasteiger partial charge in [0.2, 0.25) is 0 Å². The molecule has 0 amide bonds. The highest BCUT2D eigenvalue weighted by Gasteiger charge is 2.03. The van der Waals surface area contributed by atoms with E-state index in [1.165, 1.54) is 11.1 Å². The summed E-state index contributed by atoms with van der Waals surface area (Å²) in [7, 11) is 0. The van der Waals surface area contributed by atoms with Crippen molar-refractivity contribution < 1.29 is 0 Å². The fourth-order valence-corrected chi connectivity index (χ4v) is 2.73. The van der Waals surface area contributed by atoms with E-state index in [4.69, 9.17) is 0 Å². The fraction of sp³-hybridized carbons (Fsp3) is 0.550. The summed E-state index contributed by atoms with van der Waals surface area (Å²) < 4.78 is 2.01. The highest BCUT2D eigenvalue weighted by atomic mass is 127. The number of benzene rings is 1. The second-order valence-corrected chi connectivity index (χ2v) is 6.65. The van der Waals surface area contributed by atoms with Crippen molar-refractivity contribution in [2.45, 2.75) is 59.5 Å². The summed E-state index contributed by atoms with van der Waals surface area (Å²) in [4.78, 5) is 4.61. The van der Waals surface area contributed by atoms with E-state index >= 15 is 0 Å². The van der Waals surface area contributed by atoms with Gasteiger partial charge in [-0.05, 0) is 43.7 Å². The molecule has 0 aliphatic heterocycles. The van der Waals surface area contributed by atoms with Crippen LogP contribution in [-0.4, -0.2) is 33.8 Å². The summed E-state index contributed by atoms with van der Waals surface area (Å²) in [6.07, 6.45) is 3.88. The molecule has 0 saturated heterocycles. The average molecular weight is 484 g/mol. The van der Waals surface area contributed by atoms with Gasteiger partial charge in [-0.3, -0.25) is 0 Å². The van der Waals surface area contributed by atoms with E-state index in [-0.39, 0.29) is 24.0 Å². The highest BCUT2D eigenvalue weighted by molar-refractivity contribution is 14.0. The van der Waals surface area contributed by atoms with Crippen LogP contribution in [0.5, 0.6) is 0 Å². The van der Waals surface area contributed by atoms with Crippen molar-refractivity contribution in [2.24, 2.45) is 4.99 Å². The Balaban J connectivity index is 0.00000364. The van der Waals surface area contributed by atoms with E-state index in [0.717, 1.165) is 44.3 Å². The van der Waals surface area contributed by atoms with Gasteiger partial charge in [-0.25, -0.2) is 4.99 Å². The van der Waals surface area contributed by atoms with Crippen LogP contribution < -0.4 is 10.6 Å². The van der Waals surface area contributed by atoms with Crippen molar-refractivity contribution >= 4 is 29.9 Å². The number of aromatic nitrogens is 3. The number of nitrogens with one attached hydrogen (secondary N) is 2. The molecule has 0 saturated carbocycles. The molecule has 2 rings (SSSR count). The molecule has 2 N–H and O–H groups in total. The minimum Gasteiger partial charge on any atom is -0.357 e. The second kappa shape index (κ2) is 12.7. The first-order chi connectivity index (χ1) is 12.6. The Labute approximate surface area is 180 Å². The van der Waals surface area contributed by atoms with Crippen molar-refractivity contribution in [3.05, 3.63) is 47.5 Å². The number of aryl methyl sites for hydroxylation is 2. The molecule has 0 fully saturated rings. The summed E-state index contributed by atoms with van der Waals surface area (Å²) in [5.74, 6) is 2.30. The Morgan fingerprint density at radius 3 is 2.52 bits per heavy atom. The predicted molar refractivity (Wildman–Crippen MR) is 123 cm³/mol. The number of nitrogens with zero attached hydrogens (tertiary/aromatic N) is 4. The first-order valence-electron chi connectivity index (χ1n) is 9.61. The SMILES string of the molecule is CCNC(=NCc1nncn1CC)NCCCc1ccc(C(C)C)cc1.I. The summed E-state index contributed by atoms with van der Waals surface area (Å²) in [6, 6.07) is 8.96. The molecule has 2 aromatic rings. The van der Waals surface area contributed by atoms with Gasteiger partial charge in [0.1, 0.15) is 12.9 Å². The average Bonchev–Trinajstić information content (AvgIpc) is 3.11. The van der Waals surface area contributed by atoms with Gasteiger partial charge in [-0.15, -0.1) is 34.2 Å². The number of rotatable bonds is 9. The van der Waals surface area contributed by atoms with E-state index < -0.39 is 0 Å². The molecule has 0 atom stereocenters. The maximum absolute atomic E-state index is 4.61. The van der Waals surface area contributed by atoms with E-state index in [1.807, 2.05) is 4.57 Å². The van der Waals surface area contributed by atoms with Gasteiger partial charge in [0.15, 0.2) is 11.8 Å². The first-order valence-corrected chi connectivity index (χ1v) is 9.61. The third-order valence-electron chi connectivity index (χ3n) is 4.34. The third-order valence-corrected chi connectivity index (χ3v) is 4.34. The Morgan fingerprint density at radius 1 is 1.15 bits per heavy atom. The van der Waals surface area contributed by atoms with Crippen LogP contribution in [0, 0.1) is 0 Å². The maximum atomic E-state index is 4.61. The summed E-state index contributed by atoms with van der Waals surface area (Å²) in [6.45, 7) is 11.7. The van der Waals surface area contributed by atoms with E-state index in [9.17, 15) is 0 Å².